The SMILES string of the molecule is COc1ccc2c(c1)CC(CC1CCCCN1C)=C2.Cl. The van der Waals surface area contributed by atoms with Gasteiger partial charge in [0.1, 0.15) is 5.75 Å². The Bertz CT molecular complexity index is 498. The number of methoxy groups -OCH3 is 1. The van der Waals surface area contributed by atoms with Gasteiger partial charge in [-0.2, -0.15) is 0 Å². The number of ether oxygens (including phenoxy) is 1. The third-order valence-electron chi connectivity index (χ3n) is 4.55. The van der Waals surface area contributed by atoms with E-state index in [1.165, 1.54) is 43.4 Å². The van der Waals surface area contributed by atoms with Gasteiger partial charge in [-0.15, -0.1) is 12.4 Å². The predicted octanol–water partition coefficient (Wildman–Crippen LogP) is 3.93. The van der Waals surface area contributed by atoms with Crippen LogP contribution in [0.25, 0.3) is 6.08 Å². The van der Waals surface area contributed by atoms with E-state index in [-0.39, 0.29) is 12.4 Å². The van der Waals surface area contributed by atoms with Gasteiger partial charge in [-0.1, -0.05) is 24.1 Å². The van der Waals surface area contributed by atoms with E-state index >= 15 is 0 Å². The maximum absolute atomic E-state index is 5.31. The van der Waals surface area contributed by atoms with Crippen molar-refractivity contribution in [2.45, 2.75) is 38.1 Å². The van der Waals surface area contributed by atoms with Gasteiger partial charge >= 0.3 is 0 Å². The Morgan fingerprint density at radius 1 is 1.30 bits per heavy atom. The van der Waals surface area contributed by atoms with Crippen LogP contribution in [0.5, 0.6) is 5.75 Å². The number of halogens is 1. The fraction of sp³-hybridized carbons (Fsp3) is 0.529. The zero-order valence-corrected chi connectivity index (χ0v) is 13.2. The molecule has 20 heavy (non-hydrogen) atoms. The van der Waals surface area contributed by atoms with Crippen molar-refractivity contribution < 1.29 is 4.74 Å². The molecule has 0 saturated carbocycles. The summed E-state index contributed by atoms with van der Waals surface area (Å²) in [5.41, 5.74) is 4.39. The Labute approximate surface area is 128 Å². The number of hydrogen-bond donors (Lipinski definition) is 0. The van der Waals surface area contributed by atoms with Crippen LogP contribution < -0.4 is 4.74 Å². The highest BCUT2D eigenvalue weighted by molar-refractivity contribution is 5.85. The van der Waals surface area contributed by atoms with E-state index in [2.05, 4.69) is 36.2 Å². The molecule has 1 fully saturated rings. The molecular formula is C17H24ClNO. The summed E-state index contributed by atoms with van der Waals surface area (Å²) in [6.45, 7) is 1.26. The first kappa shape index (κ1) is 15.4. The topological polar surface area (TPSA) is 12.5 Å². The highest BCUT2D eigenvalue weighted by Gasteiger charge is 2.22. The van der Waals surface area contributed by atoms with Gasteiger partial charge in [-0.05, 0) is 62.5 Å². The molecule has 3 heteroatoms. The van der Waals surface area contributed by atoms with Crippen LogP contribution >= 0.6 is 12.4 Å². The van der Waals surface area contributed by atoms with E-state index in [0.717, 1.165) is 18.2 Å². The molecule has 0 bridgehead atoms. The molecule has 1 unspecified atom stereocenters. The Kier molecular flexibility index (Phi) is 5.11. The van der Waals surface area contributed by atoms with Crippen LogP contribution in [0.4, 0.5) is 0 Å². The van der Waals surface area contributed by atoms with Gasteiger partial charge in [0.15, 0.2) is 0 Å². The van der Waals surface area contributed by atoms with Crippen LogP contribution in [0.1, 0.15) is 36.8 Å². The van der Waals surface area contributed by atoms with Gasteiger partial charge in [-0.25, -0.2) is 0 Å². The fourth-order valence-corrected chi connectivity index (χ4v) is 3.35. The van der Waals surface area contributed by atoms with E-state index in [1.54, 1.807) is 12.7 Å². The average Bonchev–Trinajstić information content (AvgIpc) is 2.82. The molecule has 3 rings (SSSR count). The Balaban J connectivity index is 0.00000147. The van der Waals surface area contributed by atoms with E-state index in [9.17, 15) is 0 Å². The summed E-state index contributed by atoms with van der Waals surface area (Å²) in [5, 5.41) is 0. The molecule has 0 N–H and O–H groups in total. The summed E-state index contributed by atoms with van der Waals surface area (Å²) in [5.74, 6) is 0.975. The van der Waals surface area contributed by atoms with Crippen molar-refractivity contribution in [1.29, 1.82) is 0 Å². The van der Waals surface area contributed by atoms with Crippen molar-refractivity contribution in [3.63, 3.8) is 0 Å². The van der Waals surface area contributed by atoms with Gasteiger partial charge in [0, 0.05) is 6.04 Å². The first-order valence-electron chi connectivity index (χ1n) is 7.33. The van der Waals surface area contributed by atoms with Crippen molar-refractivity contribution in [3.8, 4) is 5.75 Å². The Morgan fingerprint density at radius 3 is 2.90 bits per heavy atom. The molecule has 0 aromatic heterocycles. The summed E-state index contributed by atoms with van der Waals surface area (Å²) >= 11 is 0. The lowest BCUT2D eigenvalue weighted by Gasteiger charge is -2.32. The molecule has 1 aliphatic heterocycles. The van der Waals surface area contributed by atoms with Crippen LogP contribution in [0.2, 0.25) is 0 Å². The second-order valence-electron chi connectivity index (χ2n) is 5.88. The molecule has 110 valence electrons. The molecule has 1 heterocycles. The van der Waals surface area contributed by atoms with Crippen LogP contribution in [0.15, 0.2) is 23.8 Å². The molecule has 0 spiro atoms. The summed E-state index contributed by atoms with van der Waals surface area (Å²) in [7, 11) is 4.01. The minimum absolute atomic E-state index is 0. The normalized spacial score (nSPS) is 21.9. The molecular weight excluding hydrogens is 270 g/mol. The number of likely N-dealkylation sites (tertiary alicyclic amines) is 1. The summed E-state index contributed by atoms with van der Waals surface area (Å²) in [6, 6.07) is 7.18. The zero-order valence-electron chi connectivity index (χ0n) is 12.4. The van der Waals surface area contributed by atoms with E-state index in [1.807, 2.05) is 0 Å². The van der Waals surface area contributed by atoms with Crippen LogP contribution in [0.3, 0.4) is 0 Å². The molecule has 1 saturated heterocycles. The van der Waals surface area contributed by atoms with Gasteiger partial charge in [0.2, 0.25) is 0 Å². The van der Waals surface area contributed by atoms with E-state index < -0.39 is 0 Å². The lowest BCUT2D eigenvalue weighted by atomic mass is 9.95. The number of fused-ring (bicyclic) bond motifs is 1. The highest BCUT2D eigenvalue weighted by atomic mass is 35.5. The largest absolute Gasteiger partial charge is 0.497 e. The predicted molar refractivity (Wildman–Crippen MR) is 86.8 cm³/mol. The molecule has 2 aliphatic rings. The minimum atomic E-state index is 0. The zero-order chi connectivity index (χ0) is 13.2. The smallest absolute Gasteiger partial charge is 0.119 e. The first-order valence-corrected chi connectivity index (χ1v) is 7.33. The summed E-state index contributed by atoms with van der Waals surface area (Å²) in [4.78, 5) is 2.54. The van der Waals surface area contributed by atoms with Crippen molar-refractivity contribution in [1.82, 2.24) is 4.90 Å². The monoisotopic (exact) mass is 293 g/mol. The van der Waals surface area contributed by atoms with Crippen LogP contribution in [0, 0.1) is 0 Å². The molecule has 1 aliphatic carbocycles. The third kappa shape index (κ3) is 3.18. The Morgan fingerprint density at radius 2 is 2.15 bits per heavy atom. The van der Waals surface area contributed by atoms with Crippen molar-refractivity contribution >= 4 is 18.5 Å². The Hall–Kier alpha value is -0.990. The van der Waals surface area contributed by atoms with Crippen LogP contribution in [-0.4, -0.2) is 31.6 Å². The van der Waals surface area contributed by atoms with E-state index in [0.29, 0.717) is 0 Å². The highest BCUT2D eigenvalue weighted by Crippen LogP contribution is 2.32. The number of piperidine rings is 1. The number of nitrogens with zero attached hydrogens (tertiary/aromatic N) is 1. The lowest BCUT2D eigenvalue weighted by molar-refractivity contribution is 0.184. The summed E-state index contributed by atoms with van der Waals surface area (Å²) < 4.78 is 5.31. The molecule has 1 aromatic rings. The molecule has 1 aromatic carbocycles. The second-order valence-corrected chi connectivity index (χ2v) is 5.88. The van der Waals surface area contributed by atoms with Gasteiger partial charge in [0.05, 0.1) is 7.11 Å². The molecule has 1 atom stereocenters. The maximum Gasteiger partial charge on any atom is 0.119 e. The fourth-order valence-electron chi connectivity index (χ4n) is 3.35. The third-order valence-corrected chi connectivity index (χ3v) is 4.55. The minimum Gasteiger partial charge on any atom is -0.497 e. The number of rotatable bonds is 3. The molecule has 0 radical (unpaired) electrons. The van der Waals surface area contributed by atoms with Crippen molar-refractivity contribution in [2.75, 3.05) is 20.7 Å². The van der Waals surface area contributed by atoms with Crippen molar-refractivity contribution in [2.24, 2.45) is 0 Å². The maximum atomic E-state index is 5.31. The van der Waals surface area contributed by atoms with Gasteiger partial charge in [0.25, 0.3) is 0 Å². The van der Waals surface area contributed by atoms with Crippen LogP contribution in [-0.2, 0) is 6.42 Å². The van der Waals surface area contributed by atoms with Crippen molar-refractivity contribution in [3.05, 3.63) is 34.9 Å². The quantitative estimate of drug-likeness (QED) is 0.837. The number of hydrogen-bond acceptors (Lipinski definition) is 2. The standard InChI is InChI=1S/C17H23NO.ClH/c1-18-8-4-3-5-16(18)11-13-9-14-6-7-17(19-2)12-15(14)10-13;/h6-7,9,12,16H,3-5,8,10-11H2,1-2H3;1H. The second kappa shape index (κ2) is 6.64. The van der Waals surface area contributed by atoms with E-state index in [4.69, 9.17) is 4.74 Å². The summed E-state index contributed by atoms with van der Waals surface area (Å²) in [6.07, 6.45) is 8.83. The van der Waals surface area contributed by atoms with Gasteiger partial charge < -0.3 is 9.64 Å². The molecule has 2 nitrogen and oxygen atoms in total. The first-order chi connectivity index (χ1) is 9.26. The lowest BCUT2D eigenvalue weighted by Crippen LogP contribution is -2.36. The number of benzene rings is 1. The molecule has 0 amide bonds. The van der Waals surface area contributed by atoms with Gasteiger partial charge in [-0.3, -0.25) is 0 Å². The average molecular weight is 294 g/mol.